The third kappa shape index (κ3) is 3.45. The number of aliphatic hydroxyl groups is 1. The van der Waals surface area contributed by atoms with Crippen LogP contribution in [0, 0.1) is 11.7 Å². The molecule has 1 aromatic rings. The number of methoxy groups -OCH3 is 1. The average molecular weight is 267 g/mol. The summed E-state index contributed by atoms with van der Waals surface area (Å²) in [6, 6.07) is 4.66. The summed E-state index contributed by atoms with van der Waals surface area (Å²) in [4.78, 5) is 2.23. The Balaban J connectivity index is 2.20. The number of halogens is 1. The van der Waals surface area contributed by atoms with E-state index in [0.29, 0.717) is 11.5 Å². The first-order chi connectivity index (χ1) is 9.11. The Bertz CT molecular complexity index is 421. The van der Waals surface area contributed by atoms with E-state index in [-0.39, 0.29) is 5.82 Å². The molecule has 1 heterocycles. The van der Waals surface area contributed by atoms with Crippen LogP contribution in [0.25, 0.3) is 0 Å². The molecule has 1 aromatic carbocycles. The van der Waals surface area contributed by atoms with Crippen molar-refractivity contribution in [1.82, 2.24) is 0 Å². The van der Waals surface area contributed by atoms with Gasteiger partial charge in [-0.25, -0.2) is 4.39 Å². The monoisotopic (exact) mass is 267 g/mol. The zero-order chi connectivity index (χ0) is 13.8. The molecule has 2 atom stereocenters. The molecule has 0 spiro atoms. The van der Waals surface area contributed by atoms with Crippen molar-refractivity contribution in [3.05, 3.63) is 29.6 Å². The van der Waals surface area contributed by atoms with Gasteiger partial charge < -0.3 is 14.7 Å². The fraction of sp³-hybridized carbons (Fsp3) is 0.600. The third-order valence-electron chi connectivity index (χ3n) is 3.70. The number of hydrogen-bond donors (Lipinski definition) is 1. The fourth-order valence-electron chi connectivity index (χ4n) is 2.80. The highest BCUT2D eigenvalue weighted by Crippen LogP contribution is 2.30. The average Bonchev–Trinajstić information content (AvgIpc) is 2.39. The van der Waals surface area contributed by atoms with E-state index in [0.717, 1.165) is 38.2 Å². The Morgan fingerprint density at radius 3 is 3.00 bits per heavy atom. The van der Waals surface area contributed by atoms with Crippen LogP contribution in [0.3, 0.4) is 0 Å². The Labute approximate surface area is 114 Å². The molecule has 1 N–H and O–H groups in total. The van der Waals surface area contributed by atoms with Gasteiger partial charge >= 0.3 is 0 Å². The molecule has 19 heavy (non-hydrogen) atoms. The summed E-state index contributed by atoms with van der Waals surface area (Å²) in [5.41, 5.74) is 1.61. The molecule has 0 bridgehead atoms. The highest BCUT2D eigenvalue weighted by Gasteiger charge is 2.23. The molecular weight excluding hydrogens is 245 g/mol. The molecular formula is C15H22FNO2. The molecule has 1 unspecified atom stereocenters. The molecule has 0 saturated carbocycles. The van der Waals surface area contributed by atoms with Crippen LogP contribution in [0.4, 0.5) is 10.1 Å². The van der Waals surface area contributed by atoms with E-state index in [1.807, 2.05) is 0 Å². The summed E-state index contributed by atoms with van der Waals surface area (Å²) < 4.78 is 18.5. The summed E-state index contributed by atoms with van der Waals surface area (Å²) in [7, 11) is 1.72. The zero-order valence-electron chi connectivity index (χ0n) is 11.6. The number of hydrogen-bond acceptors (Lipinski definition) is 3. The van der Waals surface area contributed by atoms with E-state index in [2.05, 4.69) is 4.90 Å². The lowest BCUT2D eigenvalue weighted by molar-refractivity contribution is 0.143. The number of rotatable bonds is 4. The maximum absolute atomic E-state index is 13.3. The van der Waals surface area contributed by atoms with Crippen molar-refractivity contribution in [2.24, 2.45) is 5.92 Å². The van der Waals surface area contributed by atoms with Gasteiger partial charge in [0.25, 0.3) is 0 Å². The predicted molar refractivity (Wildman–Crippen MR) is 73.8 cm³/mol. The smallest absolute Gasteiger partial charge is 0.123 e. The zero-order valence-corrected chi connectivity index (χ0v) is 11.6. The van der Waals surface area contributed by atoms with Gasteiger partial charge in [-0.05, 0) is 43.9 Å². The second kappa shape index (κ2) is 6.35. The first kappa shape index (κ1) is 14.3. The molecule has 0 aliphatic carbocycles. The van der Waals surface area contributed by atoms with E-state index in [9.17, 15) is 9.50 Å². The molecule has 0 radical (unpaired) electrons. The standard InChI is InChI=1S/C15H22FNO2/c1-11(18)14-8-13(16)5-6-15(14)17-7-3-4-12(9-17)10-19-2/h5-6,8,11-12,18H,3-4,7,9-10H2,1-2H3/t11-,12?/m1/s1. The van der Waals surface area contributed by atoms with Crippen molar-refractivity contribution in [2.75, 3.05) is 31.7 Å². The number of anilines is 1. The molecule has 1 fully saturated rings. The molecule has 4 heteroatoms. The van der Waals surface area contributed by atoms with Gasteiger partial charge in [-0.15, -0.1) is 0 Å². The van der Waals surface area contributed by atoms with Gasteiger partial charge in [0.1, 0.15) is 5.82 Å². The predicted octanol–water partition coefficient (Wildman–Crippen LogP) is 2.74. The minimum absolute atomic E-state index is 0.301. The van der Waals surface area contributed by atoms with Crippen LogP contribution in [0.15, 0.2) is 18.2 Å². The molecule has 3 nitrogen and oxygen atoms in total. The second-order valence-corrected chi connectivity index (χ2v) is 5.29. The Morgan fingerprint density at radius 1 is 1.53 bits per heavy atom. The van der Waals surface area contributed by atoms with Crippen LogP contribution in [0.1, 0.15) is 31.4 Å². The van der Waals surface area contributed by atoms with Gasteiger partial charge in [-0.1, -0.05) is 0 Å². The van der Waals surface area contributed by atoms with Crippen LogP contribution >= 0.6 is 0 Å². The Kier molecular flexibility index (Phi) is 4.77. The first-order valence-corrected chi connectivity index (χ1v) is 6.83. The van der Waals surface area contributed by atoms with Crippen LogP contribution in [0.5, 0.6) is 0 Å². The highest BCUT2D eigenvalue weighted by atomic mass is 19.1. The molecule has 1 saturated heterocycles. The van der Waals surface area contributed by atoms with Crippen molar-refractivity contribution in [3.63, 3.8) is 0 Å². The summed E-state index contributed by atoms with van der Waals surface area (Å²) in [5.74, 6) is 0.204. The van der Waals surface area contributed by atoms with Gasteiger partial charge in [0.2, 0.25) is 0 Å². The van der Waals surface area contributed by atoms with Gasteiger partial charge in [0, 0.05) is 31.5 Å². The van der Waals surface area contributed by atoms with Gasteiger partial charge in [0.05, 0.1) is 12.7 Å². The van der Waals surface area contributed by atoms with E-state index in [1.54, 1.807) is 20.1 Å². The SMILES string of the molecule is COCC1CCCN(c2ccc(F)cc2[C@@H](C)O)C1. The third-order valence-corrected chi connectivity index (χ3v) is 3.70. The van der Waals surface area contributed by atoms with Crippen LogP contribution < -0.4 is 4.90 Å². The summed E-state index contributed by atoms with van der Waals surface area (Å²) in [5, 5.41) is 9.81. The topological polar surface area (TPSA) is 32.7 Å². The summed E-state index contributed by atoms with van der Waals surface area (Å²) >= 11 is 0. The van der Waals surface area contributed by atoms with E-state index in [1.165, 1.54) is 12.1 Å². The first-order valence-electron chi connectivity index (χ1n) is 6.83. The minimum atomic E-state index is -0.659. The normalized spacial score (nSPS) is 21.5. The highest BCUT2D eigenvalue weighted by molar-refractivity contribution is 5.55. The lowest BCUT2D eigenvalue weighted by Crippen LogP contribution is -2.37. The Hall–Kier alpha value is -1.13. The van der Waals surface area contributed by atoms with Crippen molar-refractivity contribution in [2.45, 2.75) is 25.9 Å². The van der Waals surface area contributed by atoms with Crippen molar-refractivity contribution in [3.8, 4) is 0 Å². The molecule has 0 aromatic heterocycles. The van der Waals surface area contributed by atoms with Gasteiger partial charge in [-0.3, -0.25) is 0 Å². The van der Waals surface area contributed by atoms with Gasteiger partial charge in [-0.2, -0.15) is 0 Å². The molecule has 106 valence electrons. The van der Waals surface area contributed by atoms with E-state index in [4.69, 9.17) is 4.74 Å². The number of nitrogens with zero attached hydrogens (tertiary/aromatic N) is 1. The maximum Gasteiger partial charge on any atom is 0.123 e. The Morgan fingerprint density at radius 2 is 2.32 bits per heavy atom. The molecule has 0 amide bonds. The molecule has 1 aliphatic heterocycles. The number of ether oxygens (including phenoxy) is 1. The van der Waals surface area contributed by atoms with Crippen molar-refractivity contribution >= 4 is 5.69 Å². The molecule has 1 aliphatic rings. The largest absolute Gasteiger partial charge is 0.389 e. The molecule has 2 rings (SSSR count). The number of aliphatic hydroxyl groups excluding tert-OH is 1. The summed E-state index contributed by atoms with van der Waals surface area (Å²) in [6.07, 6.45) is 1.61. The lowest BCUT2D eigenvalue weighted by Gasteiger charge is -2.35. The van der Waals surface area contributed by atoms with Crippen LogP contribution in [0.2, 0.25) is 0 Å². The van der Waals surface area contributed by atoms with Crippen molar-refractivity contribution in [1.29, 1.82) is 0 Å². The minimum Gasteiger partial charge on any atom is -0.389 e. The van der Waals surface area contributed by atoms with E-state index >= 15 is 0 Å². The van der Waals surface area contributed by atoms with Crippen LogP contribution in [-0.2, 0) is 4.74 Å². The van der Waals surface area contributed by atoms with Crippen molar-refractivity contribution < 1.29 is 14.2 Å². The van der Waals surface area contributed by atoms with Crippen LogP contribution in [-0.4, -0.2) is 31.9 Å². The maximum atomic E-state index is 13.3. The van der Waals surface area contributed by atoms with Gasteiger partial charge in [0.15, 0.2) is 0 Å². The second-order valence-electron chi connectivity index (χ2n) is 5.29. The summed E-state index contributed by atoms with van der Waals surface area (Å²) in [6.45, 7) is 4.28. The fourth-order valence-corrected chi connectivity index (χ4v) is 2.80. The number of benzene rings is 1. The quantitative estimate of drug-likeness (QED) is 0.910. The number of piperidine rings is 1. The van der Waals surface area contributed by atoms with E-state index < -0.39 is 6.10 Å². The lowest BCUT2D eigenvalue weighted by atomic mass is 9.97.